The Morgan fingerprint density at radius 3 is 2.19 bits per heavy atom. The van der Waals surface area contributed by atoms with E-state index in [4.69, 9.17) is 15.1 Å². The number of carbonyl (C=O) groups excluding carboxylic acids is 1. The average Bonchev–Trinajstić information content (AvgIpc) is 3.54. The zero-order chi connectivity index (χ0) is 21.2. The maximum Gasteiger partial charge on any atom is 0.248 e. The lowest BCUT2D eigenvalue weighted by molar-refractivity contribution is 0.100. The summed E-state index contributed by atoms with van der Waals surface area (Å²) in [5.41, 5.74) is 11.4. The predicted octanol–water partition coefficient (Wildman–Crippen LogP) is 5.90. The van der Waals surface area contributed by atoms with Crippen molar-refractivity contribution in [2.45, 2.75) is 0 Å². The van der Waals surface area contributed by atoms with E-state index in [1.807, 2.05) is 53.9 Å². The second-order valence-electron chi connectivity index (χ2n) is 6.96. The van der Waals surface area contributed by atoms with Crippen LogP contribution in [0.5, 0.6) is 0 Å². The van der Waals surface area contributed by atoms with Gasteiger partial charge in [-0.05, 0) is 47.5 Å². The molecule has 1 amide bonds. The Morgan fingerprint density at radius 2 is 1.55 bits per heavy atom. The molecule has 5 rings (SSSR count). The van der Waals surface area contributed by atoms with Crippen LogP contribution in [0.15, 0.2) is 95.1 Å². The first kappa shape index (κ1) is 19.0. The van der Waals surface area contributed by atoms with Crippen molar-refractivity contribution < 1.29 is 9.21 Å². The van der Waals surface area contributed by atoms with Gasteiger partial charge in [0.1, 0.15) is 10.7 Å². The van der Waals surface area contributed by atoms with Gasteiger partial charge in [0, 0.05) is 28.3 Å². The van der Waals surface area contributed by atoms with Gasteiger partial charge in [0.05, 0.1) is 12.0 Å². The fourth-order valence-electron chi connectivity index (χ4n) is 3.37. The van der Waals surface area contributed by atoms with Crippen LogP contribution in [0.1, 0.15) is 10.4 Å². The molecule has 0 aliphatic carbocycles. The third-order valence-corrected chi connectivity index (χ3v) is 5.78. The highest BCUT2D eigenvalue weighted by Gasteiger charge is 2.11. The van der Waals surface area contributed by atoms with Crippen LogP contribution in [0, 0.1) is 0 Å². The van der Waals surface area contributed by atoms with Gasteiger partial charge in [-0.3, -0.25) is 4.79 Å². The first-order chi connectivity index (χ1) is 15.2. The van der Waals surface area contributed by atoms with E-state index in [-0.39, 0.29) is 0 Å². The minimum Gasteiger partial charge on any atom is -0.463 e. The summed E-state index contributed by atoms with van der Waals surface area (Å²) in [5.74, 6) is 0.245. The van der Waals surface area contributed by atoms with E-state index >= 15 is 0 Å². The monoisotopic (exact) mass is 423 g/mol. The molecule has 0 fully saturated rings. The topological polar surface area (TPSA) is 82.0 Å². The maximum absolute atomic E-state index is 11.4. The van der Waals surface area contributed by atoms with Gasteiger partial charge in [-0.2, -0.15) is 0 Å². The quantitative estimate of drug-likeness (QED) is 0.382. The molecule has 0 radical (unpaired) electrons. The number of hydrogen-bond acceptors (Lipinski definition) is 5. The van der Waals surface area contributed by atoms with Gasteiger partial charge >= 0.3 is 0 Å². The highest BCUT2D eigenvalue weighted by molar-refractivity contribution is 7.13. The van der Waals surface area contributed by atoms with Crippen molar-refractivity contribution in [3.05, 3.63) is 96.2 Å². The van der Waals surface area contributed by atoms with Crippen molar-refractivity contribution in [1.29, 1.82) is 0 Å². The molecule has 5 aromatic rings. The normalized spacial score (nSPS) is 10.8. The number of nitrogens with zero attached hydrogens (tertiary/aromatic N) is 2. The van der Waals surface area contributed by atoms with E-state index in [0.717, 1.165) is 38.6 Å². The average molecular weight is 423 g/mol. The lowest BCUT2D eigenvalue weighted by atomic mass is 10.00. The molecule has 5 nitrogen and oxygen atoms in total. The molecule has 31 heavy (non-hydrogen) atoms. The van der Waals surface area contributed by atoms with E-state index in [2.05, 4.69) is 17.1 Å². The molecule has 2 aromatic carbocycles. The van der Waals surface area contributed by atoms with Crippen LogP contribution < -0.4 is 5.73 Å². The lowest BCUT2D eigenvalue weighted by Crippen LogP contribution is -2.10. The minimum absolute atomic E-state index is 0.446. The fourth-order valence-corrected chi connectivity index (χ4v) is 4.02. The van der Waals surface area contributed by atoms with E-state index in [0.29, 0.717) is 11.3 Å². The van der Waals surface area contributed by atoms with Crippen LogP contribution in [0.4, 0.5) is 0 Å². The molecule has 3 heterocycles. The Balaban J connectivity index is 1.59. The van der Waals surface area contributed by atoms with E-state index in [9.17, 15) is 4.79 Å². The SMILES string of the molecule is NC(=O)c1ccc(-c2cc(-c3ccc(-c4nccs4)cc3)nc(-c3ccco3)c2)cc1. The molecule has 2 N–H and O–H groups in total. The van der Waals surface area contributed by atoms with Gasteiger partial charge in [0.15, 0.2) is 5.76 Å². The van der Waals surface area contributed by atoms with E-state index in [1.54, 1.807) is 35.9 Å². The second-order valence-corrected chi connectivity index (χ2v) is 7.85. The second kappa shape index (κ2) is 8.01. The van der Waals surface area contributed by atoms with Crippen LogP contribution in [-0.2, 0) is 0 Å². The molecule has 0 aliphatic heterocycles. The Morgan fingerprint density at radius 1 is 0.839 bits per heavy atom. The molecule has 6 heteroatoms. The highest BCUT2D eigenvalue weighted by Crippen LogP contribution is 2.32. The fraction of sp³-hybridized carbons (Fsp3) is 0. The van der Waals surface area contributed by atoms with Crippen molar-refractivity contribution in [3.8, 4) is 44.4 Å². The molecular formula is C25H17N3O2S. The Kier molecular flexibility index (Phi) is 4.90. The first-order valence-corrected chi connectivity index (χ1v) is 10.5. The number of benzene rings is 2. The summed E-state index contributed by atoms with van der Waals surface area (Å²) in [6, 6.07) is 23.2. The number of pyridine rings is 1. The molecule has 0 atom stereocenters. The summed E-state index contributed by atoms with van der Waals surface area (Å²) >= 11 is 1.61. The Hall–Kier alpha value is -4.03. The lowest BCUT2D eigenvalue weighted by Gasteiger charge is -2.10. The molecule has 0 bridgehead atoms. The summed E-state index contributed by atoms with van der Waals surface area (Å²) in [7, 11) is 0. The van der Waals surface area contributed by atoms with Gasteiger partial charge in [-0.15, -0.1) is 11.3 Å². The van der Waals surface area contributed by atoms with Crippen molar-refractivity contribution in [3.63, 3.8) is 0 Å². The van der Waals surface area contributed by atoms with Crippen molar-refractivity contribution in [2.24, 2.45) is 5.73 Å². The summed E-state index contributed by atoms with van der Waals surface area (Å²) < 4.78 is 5.59. The number of nitrogens with two attached hydrogens (primary N) is 1. The van der Waals surface area contributed by atoms with Gasteiger partial charge in [0.25, 0.3) is 0 Å². The summed E-state index contributed by atoms with van der Waals surface area (Å²) in [6.07, 6.45) is 3.44. The number of primary amides is 1. The van der Waals surface area contributed by atoms with Crippen molar-refractivity contribution >= 4 is 17.2 Å². The molecule has 0 aliphatic rings. The molecule has 0 saturated heterocycles. The molecule has 150 valence electrons. The summed E-state index contributed by atoms with van der Waals surface area (Å²) in [6.45, 7) is 0. The molecule has 0 saturated carbocycles. The zero-order valence-corrected chi connectivity index (χ0v) is 17.2. The number of furan rings is 1. The van der Waals surface area contributed by atoms with E-state index < -0.39 is 5.91 Å². The summed E-state index contributed by atoms with van der Waals surface area (Å²) in [5, 5.41) is 2.95. The number of thiazole rings is 1. The minimum atomic E-state index is -0.446. The van der Waals surface area contributed by atoms with Gasteiger partial charge in [-0.1, -0.05) is 36.4 Å². The maximum atomic E-state index is 11.4. The predicted molar refractivity (Wildman–Crippen MR) is 122 cm³/mol. The molecule has 0 spiro atoms. The van der Waals surface area contributed by atoms with Crippen LogP contribution in [0.2, 0.25) is 0 Å². The zero-order valence-electron chi connectivity index (χ0n) is 16.4. The first-order valence-electron chi connectivity index (χ1n) is 9.64. The largest absolute Gasteiger partial charge is 0.463 e. The number of carbonyl (C=O) groups is 1. The number of aromatic nitrogens is 2. The molecule has 3 aromatic heterocycles. The van der Waals surface area contributed by atoms with Gasteiger partial charge < -0.3 is 10.2 Å². The van der Waals surface area contributed by atoms with Gasteiger partial charge in [0.2, 0.25) is 5.91 Å². The third-order valence-electron chi connectivity index (χ3n) is 4.96. The molecular weight excluding hydrogens is 406 g/mol. The third kappa shape index (κ3) is 3.89. The summed E-state index contributed by atoms with van der Waals surface area (Å²) in [4.78, 5) is 20.6. The molecule has 0 unspecified atom stereocenters. The smallest absolute Gasteiger partial charge is 0.248 e. The van der Waals surface area contributed by atoms with Crippen LogP contribution in [-0.4, -0.2) is 15.9 Å². The number of amides is 1. The number of rotatable bonds is 5. The van der Waals surface area contributed by atoms with Crippen molar-refractivity contribution in [1.82, 2.24) is 9.97 Å². The van der Waals surface area contributed by atoms with Crippen LogP contribution in [0.3, 0.4) is 0 Å². The van der Waals surface area contributed by atoms with E-state index in [1.165, 1.54) is 0 Å². The number of hydrogen-bond donors (Lipinski definition) is 1. The van der Waals surface area contributed by atoms with Crippen LogP contribution >= 0.6 is 11.3 Å². The standard InChI is InChI=1S/C25H17N3O2S/c26-24(29)18-7-3-16(4-8-18)20-14-21(28-22(15-20)23-2-1-12-30-23)17-5-9-19(10-6-17)25-27-11-13-31-25/h1-15H,(H2,26,29). The Labute approximate surface area is 182 Å². The van der Waals surface area contributed by atoms with Crippen molar-refractivity contribution in [2.75, 3.05) is 0 Å². The van der Waals surface area contributed by atoms with Gasteiger partial charge in [-0.25, -0.2) is 9.97 Å². The van der Waals surface area contributed by atoms with Crippen LogP contribution in [0.25, 0.3) is 44.4 Å². The highest BCUT2D eigenvalue weighted by atomic mass is 32.1. The Bertz CT molecular complexity index is 1330.